The van der Waals surface area contributed by atoms with Crippen LogP contribution in [-0.2, 0) is 33.2 Å². The zero-order chi connectivity index (χ0) is 34.2. The molecule has 0 bridgehead atoms. The molecule has 0 aromatic rings. The minimum Gasteiger partial charge on any atom is -0.462 e. The molecule has 4 saturated heterocycles. The minimum atomic E-state index is -1.31. The van der Waals surface area contributed by atoms with Crippen molar-refractivity contribution in [2.24, 2.45) is 50.7 Å². The van der Waals surface area contributed by atoms with Crippen LogP contribution in [0.25, 0.3) is 0 Å². The number of hydrogen-bond donors (Lipinski definition) is 4. The maximum atomic E-state index is 12.9. The topological polar surface area (TPSA) is 157 Å². The van der Waals surface area contributed by atoms with Gasteiger partial charge in [0.1, 0.15) is 36.1 Å². The SMILES string of the molecule is CC(=O)O[C@@H]1C[C@@]23C[C@@]24CC[C@H](O[C@@H]2OC[C@@H](O)[C@H](O)[C@H]2O)C(C)(C)[C@H]4CC[C@@H]3[C@]2(C)C[C@@H]3O[C@]4(C[C@@H](C)[C@@H]3[C@@]12C)O[C@@H](O)[C@@]1(C)O[C@@H]41. The molecule has 5 aliphatic carbocycles. The molecule has 270 valence electrons. The molecule has 0 amide bonds. The van der Waals surface area contributed by atoms with Crippen LogP contribution in [0.1, 0.15) is 99.8 Å². The molecule has 11 heteroatoms. The highest BCUT2D eigenvalue weighted by molar-refractivity contribution is 5.66. The van der Waals surface area contributed by atoms with Gasteiger partial charge in [0.2, 0.25) is 5.79 Å². The standard InChI is InChI=1S/C37H56O11/c1-17-12-37(29-34(7,47-29)30(42)48-37)46-20-13-32(5)22-9-8-21-31(3,4)23(45-28-27(41)26(40)19(39)15-43-28)10-11-35(21)16-36(22,35)14-24(44-18(2)38)33(32,6)25(17)20/h17,19-30,39-42H,8-16H2,1-7H3/t17-,19-,20+,21-,22-,23+,24-,25+,26+,27-,28+,29-,30-,32+,33-,34+,35-,36+,37-/m1/s1. The normalized spacial score (nSPS) is 63.3. The number of ether oxygens (including phenoxy) is 6. The van der Waals surface area contributed by atoms with E-state index in [2.05, 4.69) is 34.6 Å². The molecule has 0 aromatic carbocycles. The Morgan fingerprint density at radius 1 is 0.833 bits per heavy atom. The highest BCUT2D eigenvalue weighted by Crippen LogP contribution is 2.89. The summed E-state index contributed by atoms with van der Waals surface area (Å²) in [4.78, 5) is 12.9. The van der Waals surface area contributed by atoms with Gasteiger partial charge < -0.3 is 48.8 Å². The van der Waals surface area contributed by atoms with E-state index in [0.717, 1.165) is 44.9 Å². The van der Waals surface area contributed by atoms with Gasteiger partial charge in [-0.05, 0) is 97.2 Å². The van der Waals surface area contributed by atoms with Crippen LogP contribution >= 0.6 is 0 Å². The van der Waals surface area contributed by atoms with E-state index in [4.69, 9.17) is 28.4 Å². The molecule has 9 rings (SSSR count). The summed E-state index contributed by atoms with van der Waals surface area (Å²) >= 11 is 0. The molecule has 9 fully saturated rings. The third kappa shape index (κ3) is 3.74. The predicted molar refractivity (Wildman–Crippen MR) is 168 cm³/mol. The number of hydrogen-bond acceptors (Lipinski definition) is 11. The van der Waals surface area contributed by atoms with Gasteiger partial charge in [-0.25, -0.2) is 0 Å². The number of aliphatic hydroxyl groups is 4. The molecule has 5 saturated carbocycles. The van der Waals surface area contributed by atoms with E-state index in [1.807, 2.05) is 6.92 Å². The lowest BCUT2D eigenvalue weighted by Gasteiger charge is -2.65. The summed E-state index contributed by atoms with van der Waals surface area (Å²) in [6, 6.07) is 0. The lowest BCUT2D eigenvalue weighted by molar-refractivity contribution is -0.346. The zero-order valence-corrected chi connectivity index (χ0v) is 29.5. The first-order valence-corrected chi connectivity index (χ1v) is 18.6. The fourth-order valence-corrected chi connectivity index (χ4v) is 14.6. The molecule has 0 unspecified atom stereocenters. The molecular weight excluding hydrogens is 620 g/mol. The maximum absolute atomic E-state index is 12.9. The molecule has 0 aromatic heterocycles. The molecule has 3 spiro atoms. The molecule has 9 aliphatic rings. The first-order valence-electron chi connectivity index (χ1n) is 18.6. The van der Waals surface area contributed by atoms with Crippen molar-refractivity contribution < 1.29 is 53.6 Å². The lowest BCUT2D eigenvalue weighted by atomic mass is 9.41. The van der Waals surface area contributed by atoms with E-state index < -0.39 is 42.3 Å². The zero-order valence-electron chi connectivity index (χ0n) is 29.5. The van der Waals surface area contributed by atoms with Crippen molar-refractivity contribution in [2.45, 2.75) is 167 Å². The van der Waals surface area contributed by atoms with Crippen LogP contribution in [0.15, 0.2) is 0 Å². The quantitative estimate of drug-likeness (QED) is 0.198. The van der Waals surface area contributed by atoms with Crippen LogP contribution < -0.4 is 0 Å². The average molecular weight is 677 g/mol. The number of esters is 1. The Balaban J connectivity index is 1.03. The number of epoxide rings is 1. The van der Waals surface area contributed by atoms with E-state index in [0.29, 0.717) is 18.3 Å². The Hall–Kier alpha value is -0.890. The van der Waals surface area contributed by atoms with Gasteiger partial charge in [-0.15, -0.1) is 0 Å². The van der Waals surface area contributed by atoms with Crippen LogP contribution in [0.4, 0.5) is 0 Å². The van der Waals surface area contributed by atoms with E-state index in [1.54, 1.807) is 6.92 Å². The number of carbonyl (C=O) groups excluding carboxylic acids is 1. The van der Waals surface area contributed by atoms with Crippen LogP contribution in [-0.4, -0.2) is 99.7 Å². The average Bonchev–Trinajstić information content (AvgIpc) is 3.84. The van der Waals surface area contributed by atoms with Gasteiger partial charge >= 0.3 is 5.97 Å². The first kappa shape index (κ1) is 33.0. The fraction of sp³-hybridized carbons (Fsp3) is 0.973. The van der Waals surface area contributed by atoms with E-state index in [-0.39, 0.29) is 75.9 Å². The van der Waals surface area contributed by atoms with Crippen LogP contribution in [0.2, 0.25) is 0 Å². The van der Waals surface area contributed by atoms with Crippen molar-refractivity contribution in [2.75, 3.05) is 6.61 Å². The molecule has 4 N–H and O–H groups in total. The van der Waals surface area contributed by atoms with E-state index >= 15 is 0 Å². The van der Waals surface area contributed by atoms with Crippen molar-refractivity contribution in [3.05, 3.63) is 0 Å². The van der Waals surface area contributed by atoms with Gasteiger partial charge in [-0.2, -0.15) is 0 Å². The number of aliphatic hydroxyl groups excluding tert-OH is 4. The van der Waals surface area contributed by atoms with E-state index in [9.17, 15) is 25.2 Å². The Kier molecular flexibility index (Phi) is 6.70. The smallest absolute Gasteiger partial charge is 0.302 e. The van der Waals surface area contributed by atoms with Gasteiger partial charge in [-0.1, -0.05) is 34.6 Å². The molecule has 48 heavy (non-hydrogen) atoms. The highest BCUT2D eigenvalue weighted by atomic mass is 16.8. The number of carbonyl (C=O) groups is 1. The molecule has 0 radical (unpaired) electrons. The lowest BCUT2D eigenvalue weighted by Crippen LogP contribution is -2.64. The third-order valence-electron chi connectivity index (χ3n) is 16.8. The Morgan fingerprint density at radius 2 is 1.56 bits per heavy atom. The maximum Gasteiger partial charge on any atom is 0.302 e. The largest absolute Gasteiger partial charge is 0.462 e. The van der Waals surface area contributed by atoms with Crippen molar-refractivity contribution in [1.29, 1.82) is 0 Å². The second-order valence-electron chi connectivity index (χ2n) is 18.9. The molecule has 4 heterocycles. The van der Waals surface area contributed by atoms with Gasteiger partial charge in [0, 0.05) is 18.8 Å². The summed E-state index contributed by atoms with van der Waals surface area (Å²) in [5, 5.41) is 41.7. The Labute approximate surface area is 283 Å². The van der Waals surface area contributed by atoms with Gasteiger partial charge in [0.15, 0.2) is 12.6 Å². The molecular formula is C37H56O11. The second-order valence-corrected chi connectivity index (χ2v) is 18.9. The minimum absolute atomic E-state index is 0.0420. The van der Waals surface area contributed by atoms with Crippen molar-refractivity contribution >= 4 is 5.97 Å². The third-order valence-corrected chi connectivity index (χ3v) is 16.8. The summed E-state index contributed by atoms with van der Waals surface area (Å²) < 4.78 is 37.9. The van der Waals surface area contributed by atoms with Crippen LogP contribution in [0, 0.1) is 50.7 Å². The Bertz CT molecular complexity index is 1390. The second kappa shape index (κ2) is 9.75. The summed E-state index contributed by atoms with van der Waals surface area (Å²) in [6.45, 7) is 15.1. The molecule has 19 atom stereocenters. The highest BCUT2D eigenvalue weighted by Gasteiger charge is 2.87. The number of fused-ring (bicyclic) bond motifs is 6. The van der Waals surface area contributed by atoms with Crippen LogP contribution in [0.5, 0.6) is 0 Å². The fourth-order valence-electron chi connectivity index (χ4n) is 14.6. The Morgan fingerprint density at radius 3 is 2.23 bits per heavy atom. The van der Waals surface area contributed by atoms with Gasteiger partial charge in [0.05, 0.1) is 18.8 Å². The summed E-state index contributed by atoms with van der Waals surface area (Å²) in [5.41, 5.74) is -1.23. The van der Waals surface area contributed by atoms with Crippen molar-refractivity contribution in [3.63, 3.8) is 0 Å². The van der Waals surface area contributed by atoms with Crippen molar-refractivity contribution in [1.82, 2.24) is 0 Å². The first-order chi connectivity index (χ1) is 22.4. The van der Waals surface area contributed by atoms with Crippen LogP contribution in [0.3, 0.4) is 0 Å². The molecule has 4 aliphatic heterocycles. The summed E-state index contributed by atoms with van der Waals surface area (Å²) in [5.74, 6) is 0.0295. The summed E-state index contributed by atoms with van der Waals surface area (Å²) in [6.07, 6.45) is 0.880. The predicted octanol–water partition coefficient (Wildman–Crippen LogP) is 3.03. The van der Waals surface area contributed by atoms with E-state index in [1.165, 1.54) is 0 Å². The van der Waals surface area contributed by atoms with Gasteiger partial charge in [-0.3, -0.25) is 4.79 Å². The van der Waals surface area contributed by atoms with Crippen molar-refractivity contribution in [3.8, 4) is 0 Å². The number of rotatable bonds is 3. The monoisotopic (exact) mass is 676 g/mol. The summed E-state index contributed by atoms with van der Waals surface area (Å²) in [7, 11) is 0. The van der Waals surface area contributed by atoms with Gasteiger partial charge in [0.25, 0.3) is 0 Å². The molecule has 11 nitrogen and oxygen atoms in total.